The summed E-state index contributed by atoms with van der Waals surface area (Å²) in [5.74, 6) is 0.160. The Kier molecular flexibility index (Phi) is 4.05. The maximum atomic E-state index is 11.4. The highest BCUT2D eigenvalue weighted by Crippen LogP contribution is 2.25. The van der Waals surface area contributed by atoms with Crippen LogP contribution >= 0.6 is 34.8 Å². The minimum atomic E-state index is -1.10. The molecule has 0 heterocycles. The molecule has 0 unspecified atom stereocenters. The van der Waals surface area contributed by atoms with Gasteiger partial charge in [-0.05, 0) is 18.2 Å². The van der Waals surface area contributed by atoms with Crippen molar-refractivity contribution in [1.29, 1.82) is 0 Å². The molecule has 1 aromatic carbocycles. The lowest BCUT2D eigenvalue weighted by atomic mass is 10.1. The van der Waals surface area contributed by atoms with Gasteiger partial charge in [0.2, 0.25) is 0 Å². The van der Waals surface area contributed by atoms with Gasteiger partial charge in [-0.3, -0.25) is 4.79 Å². The van der Waals surface area contributed by atoms with Gasteiger partial charge in [-0.25, -0.2) is 0 Å². The number of hydrogen-bond donors (Lipinski definition) is 0. The zero-order valence-corrected chi connectivity index (χ0v) is 9.53. The lowest BCUT2D eigenvalue weighted by Gasteiger charge is -2.05. The van der Waals surface area contributed by atoms with E-state index < -0.39 is 10.6 Å². The average molecular weight is 254 g/mol. The van der Waals surface area contributed by atoms with Crippen molar-refractivity contribution in [2.75, 3.05) is 7.11 Å². The van der Waals surface area contributed by atoms with Gasteiger partial charge in [0, 0.05) is 5.56 Å². The van der Waals surface area contributed by atoms with Gasteiger partial charge >= 0.3 is 0 Å². The number of ether oxygens (including phenoxy) is 1. The van der Waals surface area contributed by atoms with Crippen LogP contribution in [0.5, 0.6) is 5.75 Å². The number of carbonyl (C=O) groups is 1. The van der Waals surface area contributed by atoms with Crippen LogP contribution in [0, 0.1) is 0 Å². The molecule has 14 heavy (non-hydrogen) atoms. The van der Waals surface area contributed by atoms with Crippen molar-refractivity contribution in [1.82, 2.24) is 0 Å². The second-order valence-electron chi connectivity index (χ2n) is 2.51. The second-order valence-corrected chi connectivity index (χ2v) is 4.01. The predicted molar refractivity (Wildman–Crippen MR) is 57.8 cm³/mol. The minimum Gasteiger partial charge on any atom is -0.497 e. The Balaban J connectivity index is 3.06. The van der Waals surface area contributed by atoms with E-state index in [0.717, 1.165) is 0 Å². The zero-order chi connectivity index (χ0) is 10.7. The Bertz CT molecular complexity index is 350. The van der Waals surface area contributed by atoms with E-state index in [1.165, 1.54) is 19.2 Å². The third-order valence-electron chi connectivity index (χ3n) is 1.64. The summed E-state index contributed by atoms with van der Waals surface area (Å²) in [6, 6.07) is 4.68. The molecule has 0 saturated carbocycles. The van der Waals surface area contributed by atoms with Crippen molar-refractivity contribution >= 4 is 40.6 Å². The number of benzene rings is 1. The molecule has 0 N–H and O–H groups in total. The largest absolute Gasteiger partial charge is 0.497 e. The molecule has 0 amide bonds. The third kappa shape index (κ3) is 2.53. The van der Waals surface area contributed by atoms with Crippen LogP contribution in [0.4, 0.5) is 0 Å². The minimum absolute atomic E-state index is 0.278. The molecule has 0 aliphatic rings. The van der Waals surface area contributed by atoms with Crippen molar-refractivity contribution in [2.24, 2.45) is 0 Å². The van der Waals surface area contributed by atoms with Gasteiger partial charge in [0.05, 0.1) is 12.1 Å². The molecule has 0 saturated heterocycles. The molecule has 0 spiro atoms. The molecule has 2 nitrogen and oxygen atoms in total. The molecule has 0 aliphatic heterocycles. The fourth-order valence-electron chi connectivity index (χ4n) is 0.940. The summed E-state index contributed by atoms with van der Waals surface area (Å²) < 4.78 is 4.93. The summed E-state index contributed by atoms with van der Waals surface area (Å²) in [5.41, 5.74) is 0.294. The molecule has 1 rings (SSSR count). The summed E-state index contributed by atoms with van der Waals surface area (Å²) in [7, 11) is 1.51. The van der Waals surface area contributed by atoms with Crippen molar-refractivity contribution in [3.8, 4) is 5.75 Å². The van der Waals surface area contributed by atoms with Crippen molar-refractivity contribution < 1.29 is 9.53 Å². The monoisotopic (exact) mass is 252 g/mol. The van der Waals surface area contributed by atoms with Crippen LogP contribution in [0.3, 0.4) is 0 Å². The summed E-state index contributed by atoms with van der Waals surface area (Å²) in [6.45, 7) is 0. The van der Waals surface area contributed by atoms with E-state index in [1.807, 2.05) is 0 Å². The number of methoxy groups -OCH3 is 1. The van der Waals surface area contributed by atoms with E-state index >= 15 is 0 Å². The number of alkyl halides is 2. The molecular formula is C9H7Cl3O2. The standard InChI is InChI=1S/C9H7Cl3O2/c1-14-5-2-3-6(7(10)4-5)8(13)9(11)12/h2-4,9H,1H3. The number of hydrogen-bond acceptors (Lipinski definition) is 2. The summed E-state index contributed by atoms with van der Waals surface area (Å²) >= 11 is 16.7. The van der Waals surface area contributed by atoms with E-state index in [9.17, 15) is 4.79 Å². The number of halogens is 3. The van der Waals surface area contributed by atoms with Gasteiger partial charge in [-0.1, -0.05) is 34.8 Å². The Morgan fingerprint density at radius 1 is 1.43 bits per heavy atom. The van der Waals surface area contributed by atoms with Gasteiger partial charge in [0.25, 0.3) is 0 Å². The first-order chi connectivity index (χ1) is 6.56. The summed E-state index contributed by atoms with van der Waals surface area (Å²) in [5, 5.41) is 0.278. The van der Waals surface area contributed by atoms with E-state index in [-0.39, 0.29) is 5.02 Å². The van der Waals surface area contributed by atoms with Crippen LogP contribution in [0.25, 0.3) is 0 Å². The molecule has 0 aromatic heterocycles. The van der Waals surface area contributed by atoms with E-state index in [2.05, 4.69) is 0 Å². The SMILES string of the molecule is COc1ccc(C(=O)C(Cl)Cl)c(Cl)c1. The van der Waals surface area contributed by atoms with Crippen LogP contribution in [0.1, 0.15) is 10.4 Å². The van der Waals surface area contributed by atoms with Crippen LogP contribution in [-0.4, -0.2) is 17.7 Å². The van der Waals surface area contributed by atoms with Crippen LogP contribution < -0.4 is 4.74 Å². The lowest BCUT2D eigenvalue weighted by molar-refractivity contribution is 0.101. The number of Topliss-reactive ketones (excluding diaryl/α,β-unsaturated/α-hetero) is 1. The smallest absolute Gasteiger partial charge is 0.197 e. The first-order valence-corrected chi connectivity index (χ1v) is 4.97. The number of rotatable bonds is 3. The van der Waals surface area contributed by atoms with Gasteiger partial charge in [0.1, 0.15) is 5.75 Å². The fourth-order valence-corrected chi connectivity index (χ4v) is 1.44. The van der Waals surface area contributed by atoms with E-state index in [1.54, 1.807) is 6.07 Å². The van der Waals surface area contributed by atoms with Gasteiger partial charge in [-0.15, -0.1) is 0 Å². The molecular weight excluding hydrogens is 246 g/mol. The van der Waals surface area contributed by atoms with Crippen molar-refractivity contribution in [3.63, 3.8) is 0 Å². The third-order valence-corrected chi connectivity index (χ3v) is 2.35. The highest BCUT2D eigenvalue weighted by atomic mass is 35.5. The second kappa shape index (κ2) is 4.87. The highest BCUT2D eigenvalue weighted by molar-refractivity contribution is 6.56. The van der Waals surface area contributed by atoms with Crippen LogP contribution in [0.15, 0.2) is 18.2 Å². The summed E-state index contributed by atoms with van der Waals surface area (Å²) in [6.07, 6.45) is 0. The van der Waals surface area contributed by atoms with Crippen molar-refractivity contribution in [3.05, 3.63) is 28.8 Å². The van der Waals surface area contributed by atoms with Gasteiger partial charge in [-0.2, -0.15) is 0 Å². The predicted octanol–water partition coefficient (Wildman–Crippen LogP) is 3.34. The Morgan fingerprint density at radius 3 is 2.50 bits per heavy atom. The molecule has 0 aliphatic carbocycles. The topological polar surface area (TPSA) is 26.3 Å². The first kappa shape index (κ1) is 11.6. The first-order valence-electron chi connectivity index (χ1n) is 3.72. The van der Waals surface area contributed by atoms with Crippen LogP contribution in [-0.2, 0) is 0 Å². The molecule has 0 bridgehead atoms. The summed E-state index contributed by atoms with van der Waals surface area (Å²) in [4.78, 5) is 10.3. The molecule has 0 atom stereocenters. The normalized spacial score (nSPS) is 10.4. The quantitative estimate of drug-likeness (QED) is 0.610. The average Bonchev–Trinajstić information content (AvgIpc) is 2.16. The molecule has 0 radical (unpaired) electrons. The fraction of sp³-hybridized carbons (Fsp3) is 0.222. The number of ketones is 1. The van der Waals surface area contributed by atoms with Crippen LogP contribution in [0.2, 0.25) is 5.02 Å². The Morgan fingerprint density at radius 2 is 2.07 bits per heavy atom. The maximum Gasteiger partial charge on any atom is 0.197 e. The van der Waals surface area contributed by atoms with E-state index in [0.29, 0.717) is 11.3 Å². The Hall–Kier alpha value is -0.440. The van der Waals surface area contributed by atoms with Crippen molar-refractivity contribution in [2.45, 2.75) is 4.84 Å². The maximum absolute atomic E-state index is 11.4. The highest BCUT2D eigenvalue weighted by Gasteiger charge is 2.17. The molecule has 0 fully saturated rings. The molecule has 1 aromatic rings. The zero-order valence-electron chi connectivity index (χ0n) is 7.26. The Labute approximate surface area is 96.7 Å². The van der Waals surface area contributed by atoms with Gasteiger partial charge in [0.15, 0.2) is 10.6 Å². The number of carbonyl (C=O) groups excluding carboxylic acids is 1. The molecule has 5 heteroatoms. The van der Waals surface area contributed by atoms with Gasteiger partial charge < -0.3 is 4.74 Å². The lowest BCUT2D eigenvalue weighted by Crippen LogP contribution is -2.08. The van der Waals surface area contributed by atoms with E-state index in [4.69, 9.17) is 39.5 Å². The molecule has 76 valence electrons.